The smallest absolute Gasteiger partial charge is 0.273 e. The number of aromatic nitrogens is 3. The van der Waals surface area contributed by atoms with Crippen LogP contribution in [0.5, 0.6) is 0 Å². The van der Waals surface area contributed by atoms with Crippen LogP contribution >= 0.6 is 11.3 Å². The van der Waals surface area contributed by atoms with Crippen molar-refractivity contribution in [2.45, 2.75) is 51.6 Å². The molecule has 1 fully saturated rings. The van der Waals surface area contributed by atoms with Crippen LogP contribution in [-0.2, 0) is 13.0 Å². The van der Waals surface area contributed by atoms with E-state index in [0.29, 0.717) is 31.4 Å². The standard InChI is InChI=1S/C19H25N5O2S/c1-12(2)24-8-5-15-14(9-24)18(25)22-17(21-15)13-3-6-23(7-4-13)19(26)16-10-27-11-20-16/h10-13H,3-9H2,1-2H3,(H,21,22,25). The molecule has 7 nitrogen and oxygen atoms in total. The minimum Gasteiger partial charge on any atom is -0.337 e. The molecule has 2 aromatic rings. The van der Waals surface area contributed by atoms with Crippen molar-refractivity contribution in [3.63, 3.8) is 0 Å². The Bertz CT molecular complexity index is 869. The van der Waals surface area contributed by atoms with Gasteiger partial charge in [0.05, 0.1) is 16.8 Å². The number of hydrogen-bond donors (Lipinski definition) is 1. The third-order valence-corrected chi connectivity index (χ3v) is 6.25. The van der Waals surface area contributed by atoms with Gasteiger partial charge in [-0.3, -0.25) is 14.5 Å². The lowest BCUT2D eigenvalue weighted by molar-refractivity contribution is 0.0705. The van der Waals surface area contributed by atoms with E-state index < -0.39 is 0 Å². The molecule has 0 bridgehead atoms. The number of H-pyrrole nitrogens is 1. The molecule has 4 rings (SSSR count). The van der Waals surface area contributed by atoms with Crippen LogP contribution in [-0.4, -0.2) is 56.3 Å². The zero-order valence-electron chi connectivity index (χ0n) is 15.8. The Morgan fingerprint density at radius 1 is 1.30 bits per heavy atom. The van der Waals surface area contributed by atoms with Gasteiger partial charge in [-0.05, 0) is 26.7 Å². The van der Waals surface area contributed by atoms with Crippen molar-refractivity contribution in [1.82, 2.24) is 24.8 Å². The molecule has 0 radical (unpaired) electrons. The van der Waals surface area contributed by atoms with Crippen LogP contribution in [0.3, 0.4) is 0 Å². The SMILES string of the molecule is CC(C)N1CCc2nc(C3CCN(C(=O)c4cscn4)CC3)[nH]c(=O)c2C1. The van der Waals surface area contributed by atoms with E-state index in [1.54, 1.807) is 10.9 Å². The fourth-order valence-electron chi connectivity index (χ4n) is 3.94. The molecular formula is C19H25N5O2S. The summed E-state index contributed by atoms with van der Waals surface area (Å²) in [6.07, 6.45) is 2.46. The van der Waals surface area contributed by atoms with Crippen molar-refractivity contribution in [1.29, 1.82) is 0 Å². The number of amides is 1. The first kappa shape index (κ1) is 18.3. The number of likely N-dealkylation sites (tertiary alicyclic amines) is 1. The van der Waals surface area contributed by atoms with Crippen LogP contribution in [0.4, 0.5) is 0 Å². The average molecular weight is 388 g/mol. The molecule has 8 heteroatoms. The first-order chi connectivity index (χ1) is 13.0. The normalized spacial score (nSPS) is 18.7. The van der Waals surface area contributed by atoms with Crippen LogP contribution in [0.15, 0.2) is 15.7 Å². The quantitative estimate of drug-likeness (QED) is 0.871. The van der Waals surface area contributed by atoms with E-state index in [4.69, 9.17) is 4.98 Å². The zero-order chi connectivity index (χ0) is 19.0. The molecule has 0 spiro atoms. The average Bonchev–Trinajstić information content (AvgIpc) is 3.22. The number of nitrogens with one attached hydrogen (secondary N) is 1. The van der Waals surface area contributed by atoms with E-state index in [2.05, 4.69) is 28.7 Å². The van der Waals surface area contributed by atoms with Crippen LogP contribution < -0.4 is 5.56 Å². The Hall–Kier alpha value is -2.06. The summed E-state index contributed by atoms with van der Waals surface area (Å²) in [5.74, 6) is 0.985. The van der Waals surface area contributed by atoms with Gasteiger partial charge in [0.25, 0.3) is 11.5 Å². The number of fused-ring (bicyclic) bond motifs is 1. The molecule has 1 amide bonds. The topological polar surface area (TPSA) is 82.2 Å². The van der Waals surface area contributed by atoms with Crippen molar-refractivity contribution < 1.29 is 4.79 Å². The van der Waals surface area contributed by atoms with Gasteiger partial charge in [-0.2, -0.15) is 0 Å². The summed E-state index contributed by atoms with van der Waals surface area (Å²) >= 11 is 1.43. The first-order valence-electron chi connectivity index (χ1n) is 9.56. The molecule has 27 heavy (non-hydrogen) atoms. The molecule has 1 N–H and O–H groups in total. The number of hydrogen-bond acceptors (Lipinski definition) is 6. The number of piperidine rings is 1. The summed E-state index contributed by atoms with van der Waals surface area (Å²) in [5, 5.41) is 1.79. The molecule has 0 unspecified atom stereocenters. The summed E-state index contributed by atoms with van der Waals surface area (Å²) in [5.41, 5.74) is 3.97. The molecular weight excluding hydrogens is 362 g/mol. The highest BCUT2D eigenvalue weighted by Gasteiger charge is 2.29. The molecule has 4 heterocycles. The number of carbonyl (C=O) groups is 1. The Morgan fingerprint density at radius 2 is 2.07 bits per heavy atom. The molecule has 2 aromatic heterocycles. The van der Waals surface area contributed by atoms with Gasteiger partial charge in [-0.25, -0.2) is 9.97 Å². The van der Waals surface area contributed by atoms with E-state index in [1.165, 1.54) is 11.3 Å². The maximum Gasteiger partial charge on any atom is 0.273 e. The number of aromatic amines is 1. The highest BCUT2D eigenvalue weighted by Crippen LogP contribution is 2.27. The number of rotatable bonds is 3. The van der Waals surface area contributed by atoms with E-state index in [-0.39, 0.29) is 17.4 Å². The number of carbonyl (C=O) groups excluding carboxylic acids is 1. The van der Waals surface area contributed by atoms with Gasteiger partial charge in [0.1, 0.15) is 11.5 Å². The van der Waals surface area contributed by atoms with E-state index in [0.717, 1.165) is 42.9 Å². The summed E-state index contributed by atoms with van der Waals surface area (Å²) in [4.78, 5) is 41.2. The maximum absolute atomic E-state index is 12.6. The Morgan fingerprint density at radius 3 is 2.74 bits per heavy atom. The van der Waals surface area contributed by atoms with Crippen molar-refractivity contribution in [2.75, 3.05) is 19.6 Å². The zero-order valence-corrected chi connectivity index (χ0v) is 16.6. The van der Waals surface area contributed by atoms with E-state index in [9.17, 15) is 9.59 Å². The van der Waals surface area contributed by atoms with Crippen molar-refractivity contribution in [3.8, 4) is 0 Å². The molecule has 144 valence electrons. The first-order valence-corrected chi connectivity index (χ1v) is 10.5. The van der Waals surface area contributed by atoms with Gasteiger partial charge in [-0.15, -0.1) is 11.3 Å². The van der Waals surface area contributed by atoms with Crippen LogP contribution in [0, 0.1) is 0 Å². The molecule has 0 saturated carbocycles. The third kappa shape index (κ3) is 3.68. The van der Waals surface area contributed by atoms with Gasteiger partial charge < -0.3 is 9.88 Å². The van der Waals surface area contributed by atoms with E-state index >= 15 is 0 Å². The van der Waals surface area contributed by atoms with Gasteiger partial charge in [-0.1, -0.05) is 0 Å². The second-order valence-electron chi connectivity index (χ2n) is 7.63. The van der Waals surface area contributed by atoms with Gasteiger partial charge in [0.15, 0.2) is 0 Å². The van der Waals surface area contributed by atoms with Gasteiger partial charge in [0, 0.05) is 49.9 Å². The number of nitrogens with zero attached hydrogens (tertiary/aromatic N) is 4. The lowest BCUT2D eigenvalue weighted by Gasteiger charge is -2.33. The predicted octanol–water partition coefficient (Wildman–Crippen LogP) is 2.01. The molecule has 2 aliphatic heterocycles. The predicted molar refractivity (Wildman–Crippen MR) is 104 cm³/mol. The summed E-state index contributed by atoms with van der Waals surface area (Å²) < 4.78 is 0. The molecule has 0 atom stereocenters. The number of thiazole rings is 1. The Kier molecular flexibility index (Phi) is 5.10. The third-order valence-electron chi connectivity index (χ3n) is 5.67. The fourth-order valence-corrected chi connectivity index (χ4v) is 4.46. The summed E-state index contributed by atoms with van der Waals surface area (Å²) in [6.45, 7) is 7.27. The molecule has 1 saturated heterocycles. The summed E-state index contributed by atoms with van der Waals surface area (Å²) in [6, 6.07) is 0.428. The molecule has 0 aliphatic carbocycles. The Labute approximate surface area is 162 Å². The summed E-state index contributed by atoms with van der Waals surface area (Å²) in [7, 11) is 0. The highest BCUT2D eigenvalue weighted by atomic mass is 32.1. The highest BCUT2D eigenvalue weighted by molar-refractivity contribution is 7.07. The van der Waals surface area contributed by atoms with Gasteiger partial charge >= 0.3 is 0 Å². The van der Waals surface area contributed by atoms with Crippen molar-refractivity contribution in [3.05, 3.63) is 44.0 Å². The van der Waals surface area contributed by atoms with Crippen LogP contribution in [0.2, 0.25) is 0 Å². The maximum atomic E-state index is 12.6. The van der Waals surface area contributed by atoms with Crippen LogP contribution in [0.25, 0.3) is 0 Å². The minimum atomic E-state index is -0.00429. The van der Waals surface area contributed by atoms with E-state index in [1.807, 2.05) is 4.90 Å². The largest absolute Gasteiger partial charge is 0.337 e. The minimum absolute atomic E-state index is 0.00123. The lowest BCUT2D eigenvalue weighted by atomic mass is 9.95. The van der Waals surface area contributed by atoms with Crippen molar-refractivity contribution >= 4 is 17.2 Å². The Balaban J connectivity index is 1.46. The lowest BCUT2D eigenvalue weighted by Crippen LogP contribution is -2.41. The van der Waals surface area contributed by atoms with Crippen LogP contribution in [0.1, 0.15) is 60.2 Å². The van der Waals surface area contributed by atoms with Crippen molar-refractivity contribution in [2.24, 2.45) is 0 Å². The monoisotopic (exact) mass is 387 g/mol. The molecule has 0 aromatic carbocycles. The fraction of sp³-hybridized carbons (Fsp3) is 0.579. The second kappa shape index (κ2) is 7.52. The molecule has 2 aliphatic rings. The second-order valence-corrected chi connectivity index (χ2v) is 8.35. The van der Waals surface area contributed by atoms with Gasteiger partial charge in [0.2, 0.25) is 0 Å².